The van der Waals surface area contributed by atoms with Gasteiger partial charge in [-0.3, -0.25) is 4.79 Å². The predicted molar refractivity (Wildman–Crippen MR) is 65.4 cm³/mol. The second kappa shape index (κ2) is 5.95. The van der Waals surface area contributed by atoms with Gasteiger partial charge in [0.05, 0.1) is 6.54 Å². The topological polar surface area (TPSA) is 49.3 Å². The molecule has 1 rings (SSSR count). The van der Waals surface area contributed by atoms with E-state index in [1.165, 1.54) is 0 Å². The molecule has 0 bridgehead atoms. The smallest absolute Gasteiger partial charge is 0.287 e. The summed E-state index contributed by atoms with van der Waals surface area (Å²) in [5.41, 5.74) is -0.473. The number of carbonyl (C=O) groups excluding carboxylic acids is 1. The third-order valence-corrected chi connectivity index (χ3v) is 3.58. The average molecular weight is 263 g/mol. The van der Waals surface area contributed by atoms with Crippen molar-refractivity contribution in [2.24, 2.45) is 11.3 Å². The summed E-state index contributed by atoms with van der Waals surface area (Å²) in [6.45, 7) is 2.07. The Morgan fingerprint density at radius 2 is 1.94 bits per heavy atom. The van der Waals surface area contributed by atoms with Crippen LogP contribution >= 0.6 is 0 Å². The molecular weight excluding hydrogens is 240 g/mol. The lowest BCUT2D eigenvalue weighted by atomic mass is 9.77. The van der Waals surface area contributed by atoms with E-state index >= 15 is 0 Å². The van der Waals surface area contributed by atoms with E-state index in [2.05, 4.69) is 5.32 Å². The lowest BCUT2D eigenvalue weighted by Crippen LogP contribution is -2.46. The van der Waals surface area contributed by atoms with Crippen LogP contribution in [0.15, 0.2) is 0 Å². The molecule has 1 saturated carbocycles. The highest BCUT2D eigenvalue weighted by molar-refractivity contribution is 5.83. The van der Waals surface area contributed by atoms with Crippen LogP contribution in [-0.2, 0) is 4.79 Å². The number of aliphatic hydroxyl groups excluding tert-OH is 1. The van der Waals surface area contributed by atoms with Crippen molar-refractivity contribution in [3.05, 3.63) is 0 Å². The normalized spacial score (nSPS) is 19.2. The zero-order valence-electron chi connectivity index (χ0n) is 11.1. The highest BCUT2D eigenvalue weighted by Gasteiger charge is 2.42. The largest absolute Gasteiger partial charge is 0.390 e. The zero-order valence-corrected chi connectivity index (χ0v) is 11.1. The number of aliphatic hydroxyl groups is 1. The first kappa shape index (κ1) is 15.3. The van der Waals surface area contributed by atoms with Crippen LogP contribution in [-0.4, -0.2) is 30.1 Å². The van der Waals surface area contributed by atoms with Gasteiger partial charge in [-0.25, -0.2) is 8.78 Å². The van der Waals surface area contributed by atoms with Crippen LogP contribution in [0.2, 0.25) is 0 Å². The second-order valence-corrected chi connectivity index (χ2v) is 5.78. The summed E-state index contributed by atoms with van der Waals surface area (Å²) in [5.74, 6) is -3.14. The Bertz CT molecular complexity index is 287. The van der Waals surface area contributed by atoms with E-state index in [-0.39, 0.29) is 5.91 Å². The lowest BCUT2D eigenvalue weighted by Gasteiger charge is -2.30. The Hall–Kier alpha value is -0.710. The molecular formula is C13H23F2NO2. The molecule has 1 amide bonds. The molecule has 1 fully saturated rings. The van der Waals surface area contributed by atoms with Crippen molar-refractivity contribution in [3.8, 4) is 0 Å². The van der Waals surface area contributed by atoms with Crippen LogP contribution in [0.4, 0.5) is 8.78 Å². The fraction of sp³-hybridized carbons (Fsp3) is 0.923. The summed E-state index contributed by atoms with van der Waals surface area (Å²) in [5, 5.41) is 10.8. The first-order chi connectivity index (χ1) is 8.31. The molecule has 18 heavy (non-hydrogen) atoms. The molecule has 5 heteroatoms. The van der Waals surface area contributed by atoms with Crippen LogP contribution in [0.5, 0.6) is 0 Å². The first-order valence-electron chi connectivity index (χ1n) is 6.58. The molecule has 0 unspecified atom stereocenters. The van der Waals surface area contributed by atoms with Crippen molar-refractivity contribution >= 4 is 5.91 Å². The third-order valence-electron chi connectivity index (χ3n) is 3.58. The number of hydrogen-bond donors (Lipinski definition) is 2. The van der Waals surface area contributed by atoms with E-state index in [4.69, 9.17) is 5.11 Å². The number of nitrogens with one attached hydrogen (secondary N) is 1. The average Bonchev–Trinajstić information content (AvgIpc) is 2.75. The fourth-order valence-electron chi connectivity index (χ4n) is 2.81. The Morgan fingerprint density at radius 1 is 1.39 bits per heavy atom. The van der Waals surface area contributed by atoms with Gasteiger partial charge in [-0.05, 0) is 25.2 Å². The van der Waals surface area contributed by atoms with E-state index < -0.39 is 24.5 Å². The molecule has 0 atom stereocenters. The van der Waals surface area contributed by atoms with Crippen LogP contribution in [0.25, 0.3) is 0 Å². The zero-order chi connectivity index (χ0) is 13.8. The Kier molecular flexibility index (Phi) is 5.08. The lowest BCUT2D eigenvalue weighted by molar-refractivity contribution is -0.134. The van der Waals surface area contributed by atoms with Gasteiger partial charge in [-0.1, -0.05) is 26.7 Å². The number of hydrogen-bond acceptors (Lipinski definition) is 2. The molecule has 3 nitrogen and oxygen atoms in total. The molecule has 0 spiro atoms. The highest BCUT2D eigenvalue weighted by Crippen LogP contribution is 2.43. The maximum atomic E-state index is 12.9. The molecule has 1 aliphatic carbocycles. The monoisotopic (exact) mass is 263 g/mol. The molecule has 0 aromatic heterocycles. The van der Waals surface area contributed by atoms with Gasteiger partial charge >= 0.3 is 0 Å². The van der Waals surface area contributed by atoms with Crippen molar-refractivity contribution in [3.63, 3.8) is 0 Å². The molecule has 0 aromatic carbocycles. The first-order valence-corrected chi connectivity index (χ1v) is 6.58. The minimum absolute atomic E-state index is 0.276. The highest BCUT2D eigenvalue weighted by atomic mass is 19.3. The SMILES string of the molecule is CC(C)CC1(C(=O)NCC(F)(F)CO)CCCC1. The minimum Gasteiger partial charge on any atom is -0.390 e. The van der Waals surface area contributed by atoms with E-state index in [0.717, 1.165) is 32.1 Å². The molecule has 1 aliphatic rings. The Labute approximate surface area is 107 Å². The molecule has 0 aliphatic heterocycles. The molecule has 0 radical (unpaired) electrons. The van der Waals surface area contributed by atoms with Gasteiger partial charge in [0.15, 0.2) is 0 Å². The number of rotatable bonds is 6. The van der Waals surface area contributed by atoms with Gasteiger partial charge in [0.25, 0.3) is 5.92 Å². The summed E-state index contributed by atoms with van der Waals surface area (Å²) in [6, 6.07) is 0. The van der Waals surface area contributed by atoms with Crippen molar-refractivity contribution in [1.82, 2.24) is 5.32 Å². The third kappa shape index (κ3) is 3.90. The molecule has 0 saturated heterocycles. The quantitative estimate of drug-likeness (QED) is 0.772. The van der Waals surface area contributed by atoms with Crippen molar-refractivity contribution in [2.45, 2.75) is 51.9 Å². The summed E-state index contributed by atoms with van der Waals surface area (Å²) in [7, 11) is 0. The molecule has 0 heterocycles. The molecule has 0 aromatic rings. The van der Waals surface area contributed by atoms with Gasteiger partial charge < -0.3 is 10.4 Å². The Morgan fingerprint density at radius 3 is 2.39 bits per heavy atom. The van der Waals surface area contributed by atoms with Gasteiger partial charge in [0.2, 0.25) is 5.91 Å². The predicted octanol–water partition coefficient (Wildman–Crippen LogP) is 2.34. The van der Waals surface area contributed by atoms with E-state index in [1.807, 2.05) is 13.8 Å². The van der Waals surface area contributed by atoms with Crippen molar-refractivity contribution in [2.75, 3.05) is 13.2 Å². The van der Waals surface area contributed by atoms with Gasteiger partial charge in [-0.15, -0.1) is 0 Å². The molecule has 106 valence electrons. The summed E-state index contributed by atoms with van der Waals surface area (Å²) in [4.78, 5) is 12.1. The van der Waals surface area contributed by atoms with Crippen LogP contribution < -0.4 is 5.32 Å². The van der Waals surface area contributed by atoms with Gasteiger partial charge in [-0.2, -0.15) is 0 Å². The van der Waals surface area contributed by atoms with Crippen LogP contribution in [0, 0.1) is 11.3 Å². The van der Waals surface area contributed by atoms with Crippen molar-refractivity contribution < 1.29 is 18.7 Å². The second-order valence-electron chi connectivity index (χ2n) is 5.78. The van der Waals surface area contributed by atoms with Crippen LogP contribution in [0.1, 0.15) is 46.0 Å². The number of carbonyl (C=O) groups is 1. The number of halogens is 2. The van der Waals surface area contributed by atoms with Gasteiger partial charge in [0.1, 0.15) is 6.61 Å². The number of amides is 1. The van der Waals surface area contributed by atoms with E-state index in [0.29, 0.717) is 5.92 Å². The molecule has 2 N–H and O–H groups in total. The Balaban J connectivity index is 2.61. The minimum atomic E-state index is -3.23. The summed E-state index contributed by atoms with van der Waals surface area (Å²) >= 11 is 0. The van der Waals surface area contributed by atoms with Gasteiger partial charge in [0, 0.05) is 5.41 Å². The van der Waals surface area contributed by atoms with Crippen molar-refractivity contribution in [1.29, 1.82) is 0 Å². The van der Waals surface area contributed by atoms with E-state index in [9.17, 15) is 13.6 Å². The number of alkyl halides is 2. The fourth-order valence-corrected chi connectivity index (χ4v) is 2.81. The van der Waals surface area contributed by atoms with E-state index in [1.54, 1.807) is 0 Å². The van der Waals surface area contributed by atoms with Crippen LogP contribution in [0.3, 0.4) is 0 Å². The maximum Gasteiger partial charge on any atom is 0.287 e. The summed E-state index contributed by atoms with van der Waals surface area (Å²) < 4.78 is 25.8. The standard InChI is InChI=1S/C13H23F2NO2/c1-10(2)7-12(5-3-4-6-12)11(18)16-8-13(14,15)9-17/h10,17H,3-9H2,1-2H3,(H,16,18). The summed E-state index contributed by atoms with van der Waals surface area (Å²) in [6.07, 6.45) is 4.26. The maximum absolute atomic E-state index is 12.9.